The Morgan fingerprint density at radius 1 is 1.30 bits per heavy atom. The molecule has 0 aliphatic carbocycles. The Morgan fingerprint density at radius 3 is 1.80 bits per heavy atom. The van der Waals surface area contributed by atoms with Gasteiger partial charge in [0.1, 0.15) is 0 Å². The maximum Gasteiger partial charge on any atom is 0.0341 e. The van der Waals surface area contributed by atoms with E-state index >= 15 is 0 Å². The van der Waals surface area contributed by atoms with Gasteiger partial charge < -0.3 is 0 Å². The number of aliphatic imine (C=N–C) groups is 1. The zero-order chi connectivity index (χ0) is 8.57. The molecule has 0 aliphatic heterocycles. The van der Waals surface area contributed by atoms with E-state index in [4.69, 9.17) is 0 Å². The Bertz CT molecular complexity index is 121. The molecule has 0 bridgehead atoms. The van der Waals surface area contributed by atoms with Crippen molar-refractivity contribution in [3.63, 3.8) is 0 Å². The maximum absolute atomic E-state index is 4.14. The van der Waals surface area contributed by atoms with Gasteiger partial charge in [-0.2, -0.15) is 0 Å². The summed E-state index contributed by atoms with van der Waals surface area (Å²) in [5.74, 6) is 0. The van der Waals surface area contributed by atoms with Crippen LogP contribution in [-0.4, -0.2) is 13.3 Å². The summed E-state index contributed by atoms with van der Waals surface area (Å²) in [7, 11) is 1.74. The highest BCUT2D eigenvalue weighted by Crippen LogP contribution is 2.03. The minimum absolute atomic E-state index is 0.951. The second kappa shape index (κ2) is 8.76. The Balaban J connectivity index is 0. The van der Waals surface area contributed by atoms with Crippen molar-refractivity contribution >= 4 is 18.8 Å². The standard InChI is InChI=1S/C6H11NS.C2H6/c1-5(2)6(8)4-7-3;1-2/h4,8H,1-3H3;1-2H3. The third-order valence-electron chi connectivity index (χ3n) is 0.764. The first-order chi connectivity index (χ1) is 4.68. The van der Waals surface area contributed by atoms with E-state index in [0.29, 0.717) is 0 Å². The monoisotopic (exact) mass is 159 g/mol. The Hall–Kier alpha value is -0.240. The van der Waals surface area contributed by atoms with Crippen molar-refractivity contribution in [1.82, 2.24) is 0 Å². The summed E-state index contributed by atoms with van der Waals surface area (Å²) < 4.78 is 0. The lowest BCUT2D eigenvalue weighted by Gasteiger charge is -1.89. The van der Waals surface area contributed by atoms with Crippen LogP contribution in [0.25, 0.3) is 0 Å². The highest BCUT2D eigenvalue weighted by atomic mass is 32.1. The number of thiol groups is 1. The topological polar surface area (TPSA) is 12.4 Å². The molecule has 0 spiro atoms. The lowest BCUT2D eigenvalue weighted by molar-refractivity contribution is 1.39. The van der Waals surface area contributed by atoms with Crippen LogP contribution in [0.5, 0.6) is 0 Å². The summed E-state index contributed by atoms with van der Waals surface area (Å²) in [4.78, 5) is 4.75. The highest BCUT2D eigenvalue weighted by Gasteiger charge is 1.83. The molecule has 1 nitrogen and oxygen atoms in total. The number of hydrogen-bond acceptors (Lipinski definition) is 2. The van der Waals surface area contributed by atoms with Crippen molar-refractivity contribution < 1.29 is 0 Å². The molecule has 0 atom stereocenters. The minimum atomic E-state index is 0.951. The average molecular weight is 159 g/mol. The average Bonchev–Trinajstić information content (AvgIpc) is 1.93. The Morgan fingerprint density at radius 2 is 1.70 bits per heavy atom. The zero-order valence-electron chi connectivity index (χ0n) is 7.47. The highest BCUT2D eigenvalue weighted by molar-refractivity contribution is 7.85. The van der Waals surface area contributed by atoms with Crippen LogP contribution in [0.3, 0.4) is 0 Å². The molecule has 0 fully saturated rings. The van der Waals surface area contributed by atoms with Crippen LogP contribution in [0, 0.1) is 0 Å². The molecule has 0 rings (SSSR count). The van der Waals surface area contributed by atoms with Crippen LogP contribution in [0.15, 0.2) is 15.5 Å². The second-order valence-corrected chi connectivity index (χ2v) is 2.25. The van der Waals surface area contributed by atoms with Gasteiger partial charge in [0.05, 0.1) is 0 Å². The van der Waals surface area contributed by atoms with E-state index in [1.165, 1.54) is 5.57 Å². The van der Waals surface area contributed by atoms with Crippen molar-refractivity contribution in [1.29, 1.82) is 0 Å². The molecule has 0 aromatic rings. The SMILES string of the molecule is CC.CN=CC(S)=C(C)C. The molecule has 2 heteroatoms. The molecular weight excluding hydrogens is 142 g/mol. The first-order valence-electron chi connectivity index (χ1n) is 3.47. The van der Waals surface area contributed by atoms with Gasteiger partial charge in [-0.15, -0.1) is 12.6 Å². The largest absolute Gasteiger partial charge is 0.295 e. The predicted octanol–water partition coefficient (Wildman–Crippen LogP) is 2.94. The number of nitrogens with zero attached hydrogens (tertiary/aromatic N) is 1. The molecule has 0 saturated heterocycles. The Labute approximate surface area is 69.7 Å². The molecule has 60 valence electrons. The fraction of sp³-hybridized carbons (Fsp3) is 0.625. The van der Waals surface area contributed by atoms with Gasteiger partial charge in [-0.1, -0.05) is 19.4 Å². The molecule has 0 N–H and O–H groups in total. The first kappa shape index (κ1) is 12.4. The molecule has 0 aromatic heterocycles. The summed E-state index contributed by atoms with van der Waals surface area (Å²) >= 11 is 4.14. The summed E-state index contributed by atoms with van der Waals surface area (Å²) in [6.07, 6.45) is 1.73. The van der Waals surface area contributed by atoms with Crippen LogP contribution >= 0.6 is 12.6 Å². The third kappa shape index (κ3) is 7.76. The van der Waals surface area contributed by atoms with Crippen LogP contribution < -0.4 is 0 Å². The van der Waals surface area contributed by atoms with Crippen molar-refractivity contribution in [3.05, 3.63) is 10.5 Å². The summed E-state index contributed by atoms with van der Waals surface area (Å²) in [5.41, 5.74) is 1.19. The van der Waals surface area contributed by atoms with Gasteiger partial charge in [-0.05, 0) is 13.8 Å². The molecule has 0 unspecified atom stereocenters. The number of allylic oxidation sites excluding steroid dienone is 2. The van der Waals surface area contributed by atoms with Crippen molar-refractivity contribution in [2.75, 3.05) is 7.05 Å². The van der Waals surface area contributed by atoms with Crippen molar-refractivity contribution in [2.24, 2.45) is 4.99 Å². The predicted molar refractivity (Wildman–Crippen MR) is 53.1 cm³/mol. The van der Waals surface area contributed by atoms with Crippen LogP contribution in [0.1, 0.15) is 27.7 Å². The smallest absolute Gasteiger partial charge is 0.0341 e. The lowest BCUT2D eigenvalue weighted by atomic mass is 10.3. The fourth-order valence-electron chi connectivity index (χ4n) is 0.251. The molecule has 0 amide bonds. The quantitative estimate of drug-likeness (QED) is 0.446. The van der Waals surface area contributed by atoms with E-state index < -0.39 is 0 Å². The van der Waals surface area contributed by atoms with Gasteiger partial charge in [0.25, 0.3) is 0 Å². The number of rotatable bonds is 1. The molecular formula is C8H17NS. The van der Waals surface area contributed by atoms with Crippen LogP contribution in [0.2, 0.25) is 0 Å². The van der Waals surface area contributed by atoms with Crippen LogP contribution in [-0.2, 0) is 0 Å². The first-order valence-corrected chi connectivity index (χ1v) is 3.91. The van der Waals surface area contributed by atoms with Gasteiger partial charge in [0.15, 0.2) is 0 Å². The van der Waals surface area contributed by atoms with E-state index in [2.05, 4.69) is 17.6 Å². The van der Waals surface area contributed by atoms with Gasteiger partial charge in [0.2, 0.25) is 0 Å². The fourth-order valence-corrected chi connectivity index (χ4v) is 0.367. The maximum atomic E-state index is 4.14. The molecule has 0 aliphatic rings. The van der Waals surface area contributed by atoms with Crippen molar-refractivity contribution in [3.8, 4) is 0 Å². The normalized spacial score (nSPS) is 8.60. The molecule has 0 heterocycles. The van der Waals surface area contributed by atoms with Gasteiger partial charge in [0, 0.05) is 18.2 Å². The lowest BCUT2D eigenvalue weighted by Crippen LogP contribution is -1.76. The second-order valence-electron chi connectivity index (χ2n) is 1.77. The summed E-state index contributed by atoms with van der Waals surface area (Å²) in [6.45, 7) is 8.01. The zero-order valence-corrected chi connectivity index (χ0v) is 8.37. The molecule has 10 heavy (non-hydrogen) atoms. The van der Waals surface area contributed by atoms with Crippen LogP contribution in [0.4, 0.5) is 0 Å². The van der Waals surface area contributed by atoms with E-state index in [0.717, 1.165) is 4.91 Å². The molecule has 0 aromatic carbocycles. The summed E-state index contributed by atoms with van der Waals surface area (Å²) in [5, 5.41) is 0. The number of hydrogen-bond donors (Lipinski definition) is 1. The van der Waals surface area contributed by atoms with E-state index in [9.17, 15) is 0 Å². The van der Waals surface area contributed by atoms with Gasteiger partial charge in [-0.3, -0.25) is 4.99 Å². The van der Waals surface area contributed by atoms with E-state index in [1.807, 2.05) is 27.7 Å². The molecule has 0 radical (unpaired) electrons. The Kier molecular flexibility index (Phi) is 10.9. The van der Waals surface area contributed by atoms with Crippen molar-refractivity contribution in [2.45, 2.75) is 27.7 Å². The summed E-state index contributed by atoms with van der Waals surface area (Å²) in [6, 6.07) is 0. The van der Waals surface area contributed by atoms with E-state index in [-0.39, 0.29) is 0 Å². The minimum Gasteiger partial charge on any atom is -0.295 e. The van der Waals surface area contributed by atoms with E-state index in [1.54, 1.807) is 13.3 Å². The molecule has 0 saturated carbocycles. The third-order valence-corrected chi connectivity index (χ3v) is 1.33. The van der Waals surface area contributed by atoms with Gasteiger partial charge >= 0.3 is 0 Å². The van der Waals surface area contributed by atoms with Gasteiger partial charge in [-0.25, -0.2) is 0 Å².